The molecule has 188 valence electrons. The summed E-state index contributed by atoms with van der Waals surface area (Å²) in [5.74, 6) is 2.28. The number of unbranched alkanes of at least 4 members (excludes halogenated alkanes) is 1. The molecule has 2 atom stereocenters. The molecule has 0 aliphatic heterocycles. The standard InChI is InChI=1S/C31H37N3O2/c1-5-23(3)25-15-17-27(18-16-25)36-20-9-8-19-34-29-14-7-6-13-28(29)33-30(34)24(4)32-31(35)26-12-10-11-22(2)21-26/h6-7,10-18,21,23-24H,5,8-9,19-20H2,1-4H3,(H,32,35). The molecular weight excluding hydrogens is 446 g/mol. The monoisotopic (exact) mass is 483 g/mol. The SMILES string of the molecule is CCC(C)c1ccc(OCCCCn2c(C(C)NC(=O)c3cccc(C)c3)nc3ccccc32)cc1. The smallest absolute Gasteiger partial charge is 0.251 e. The quantitative estimate of drug-likeness (QED) is 0.229. The van der Waals surface area contributed by atoms with Crippen LogP contribution in [0.15, 0.2) is 72.8 Å². The molecule has 36 heavy (non-hydrogen) atoms. The van der Waals surface area contributed by atoms with Crippen molar-refractivity contribution in [3.05, 3.63) is 95.3 Å². The molecule has 4 rings (SSSR count). The van der Waals surface area contributed by atoms with Crippen LogP contribution in [0, 0.1) is 6.92 Å². The third-order valence-electron chi connectivity index (χ3n) is 6.81. The van der Waals surface area contributed by atoms with Gasteiger partial charge < -0.3 is 14.6 Å². The van der Waals surface area contributed by atoms with E-state index >= 15 is 0 Å². The van der Waals surface area contributed by atoms with Crippen molar-refractivity contribution < 1.29 is 9.53 Å². The average Bonchev–Trinajstić information content (AvgIpc) is 3.27. The van der Waals surface area contributed by atoms with Gasteiger partial charge in [-0.05, 0) is 81.0 Å². The minimum absolute atomic E-state index is 0.0856. The van der Waals surface area contributed by atoms with Gasteiger partial charge in [0.25, 0.3) is 5.91 Å². The first kappa shape index (κ1) is 25.5. The Bertz CT molecular complexity index is 1290. The van der Waals surface area contributed by atoms with Crippen LogP contribution in [0.1, 0.15) is 79.3 Å². The molecule has 0 radical (unpaired) electrons. The molecule has 0 saturated carbocycles. The van der Waals surface area contributed by atoms with E-state index in [9.17, 15) is 4.79 Å². The van der Waals surface area contributed by atoms with E-state index in [1.54, 1.807) is 0 Å². The number of ether oxygens (including phenoxy) is 1. The number of benzene rings is 3. The van der Waals surface area contributed by atoms with E-state index in [-0.39, 0.29) is 11.9 Å². The van der Waals surface area contributed by atoms with E-state index < -0.39 is 0 Å². The molecule has 5 nitrogen and oxygen atoms in total. The summed E-state index contributed by atoms with van der Waals surface area (Å²) in [4.78, 5) is 17.7. The van der Waals surface area contributed by atoms with E-state index in [1.807, 2.05) is 56.3 Å². The maximum atomic E-state index is 12.9. The number of fused-ring (bicyclic) bond motifs is 1. The highest BCUT2D eigenvalue weighted by atomic mass is 16.5. The third kappa shape index (κ3) is 6.14. The van der Waals surface area contributed by atoms with Gasteiger partial charge in [0.2, 0.25) is 0 Å². The molecule has 4 aromatic rings. The lowest BCUT2D eigenvalue weighted by Crippen LogP contribution is -2.28. The molecule has 1 aromatic heterocycles. The molecule has 0 aliphatic carbocycles. The molecule has 0 aliphatic rings. The lowest BCUT2D eigenvalue weighted by atomic mass is 9.99. The fourth-order valence-corrected chi connectivity index (χ4v) is 4.48. The van der Waals surface area contributed by atoms with E-state index in [4.69, 9.17) is 9.72 Å². The van der Waals surface area contributed by atoms with Crippen LogP contribution >= 0.6 is 0 Å². The van der Waals surface area contributed by atoms with Crippen LogP contribution in [-0.2, 0) is 6.54 Å². The van der Waals surface area contributed by atoms with Gasteiger partial charge in [0.05, 0.1) is 23.7 Å². The van der Waals surface area contributed by atoms with Crippen LogP contribution in [-0.4, -0.2) is 22.1 Å². The first-order valence-corrected chi connectivity index (χ1v) is 13.0. The highest BCUT2D eigenvalue weighted by Crippen LogP contribution is 2.23. The Morgan fingerprint density at radius 2 is 1.78 bits per heavy atom. The van der Waals surface area contributed by atoms with E-state index in [0.29, 0.717) is 18.1 Å². The number of nitrogens with zero attached hydrogens (tertiary/aromatic N) is 2. The normalized spacial score (nSPS) is 12.9. The van der Waals surface area contributed by atoms with Gasteiger partial charge in [-0.3, -0.25) is 4.79 Å². The van der Waals surface area contributed by atoms with Crippen molar-refractivity contribution >= 4 is 16.9 Å². The summed E-state index contributed by atoms with van der Waals surface area (Å²) in [5.41, 5.74) is 5.12. The van der Waals surface area contributed by atoms with Gasteiger partial charge in [-0.1, -0.05) is 55.8 Å². The molecule has 1 N–H and O–H groups in total. The lowest BCUT2D eigenvalue weighted by Gasteiger charge is -2.17. The molecule has 1 heterocycles. The highest BCUT2D eigenvalue weighted by molar-refractivity contribution is 5.94. The van der Waals surface area contributed by atoms with Crippen LogP contribution in [0.25, 0.3) is 11.0 Å². The van der Waals surface area contributed by atoms with Crippen molar-refractivity contribution in [1.29, 1.82) is 0 Å². The van der Waals surface area contributed by atoms with E-state index in [1.165, 1.54) is 5.56 Å². The second kappa shape index (κ2) is 11.9. The summed E-state index contributed by atoms with van der Waals surface area (Å²) in [6, 6.07) is 24.1. The summed E-state index contributed by atoms with van der Waals surface area (Å²) in [7, 11) is 0. The Morgan fingerprint density at radius 1 is 1.00 bits per heavy atom. The number of hydrogen-bond acceptors (Lipinski definition) is 3. The van der Waals surface area contributed by atoms with E-state index in [2.05, 4.69) is 54.1 Å². The van der Waals surface area contributed by atoms with Crippen molar-refractivity contribution in [3.8, 4) is 5.75 Å². The van der Waals surface area contributed by atoms with Gasteiger partial charge >= 0.3 is 0 Å². The Labute approximate surface area is 214 Å². The molecule has 2 unspecified atom stereocenters. The van der Waals surface area contributed by atoms with Gasteiger partial charge in [0.15, 0.2) is 0 Å². The lowest BCUT2D eigenvalue weighted by molar-refractivity contribution is 0.0937. The van der Waals surface area contributed by atoms with Gasteiger partial charge in [-0.2, -0.15) is 0 Å². The Balaban J connectivity index is 1.38. The van der Waals surface area contributed by atoms with Crippen LogP contribution in [0.5, 0.6) is 5.75 Å². The molecule has 0 saturated heterocycles. The highest BCUT2D eigenvalue weighted by Gasteiger charge is 2.19. The Morgan fingerprint density at radius 3 is 2.53 bits per heavy atom. The number of carbonyl (C=O) groups excluding carboxylic acids is 1. The minimum atomic E-state index is -0.217. The predicted octanol–water partition coefficient (Wildman–Crippen LogP) is 7.21. The van der Waals surface area contributed by atoms with Gasteiger partial charge in [-0.25, -0.2) is 4.98 Å². The first-order chi connectivity index (χ1) is 17.5. The third-order valence-corrected chi connectivity index (χ3v) is 6.81. The average molecular weight is 484 g/mol. The summed E-state index contributed by atoms with van der Waals surface area (Å²) in [6.07, 6.45) is 3.03. The number of aromatic nitrogens is 2. The fraction of sp³-hybridized carbons (Fsp3) is 0.355. The van der Waals surface area contributed by atoms with Gasteiger partial charge in [0, 0.05) is 12.1 Å². The molecule has 5 heteroatoms. The maximum absolute atomic E-state index is 12.9. The number of para-hydroxylation sites is 2. The maximum Gasteiger partial charge on any atom is 0.251 e. The molecular formula is C31H37N3O2. The van der Waals surface area contributed by atoms with Crippen molar-refractivity contribution in [2.45, 2.75) is 65.5 Å². The number of amides is 1. The van der Waals surface area contributed by atoms with Crippen molar-refractivity contribution in [2.75, 3.05) is 6.61 Å². The van der Waals surface area contributed by atoms with Crippen LogP contribution < -0.4 is 10.1 Å². The fourth-order valence-electron chi connectivity index (χ4n) is 4.48. The summed E-state index contributed by atoms with van der Waals surface area (Å²) < 4.78 is 8.22. The van der Waals surface area contributed by atoms with Crippen molar-refractivity contribution in [1.82, 2.24) is 14.9 Å². The molecule has 3 aromatic carbocycles. The molecule has 0 fully saturated rings. The number of aryl methyl sites for hydroxylation is 2. The zero-order valence-corrected chi connectivity index (χ0v) is 21.8. The van der Waals surface area contributed by atoms with Gasteiger partial charge in [0.1, 0.15) is 11.6 Å². The van der Waals surface area contributed by atoms with Crippen molar-refractivity contribution in [2.24, 2.45) is 0 Å². The molecule has 0 bridgehead atoms. The number of hydrogen-bond donors (Lipinski definition) is 1. The largest absolute Gasteiger partial charge is 0.494 e. The number of imidazole rings is 1. The summed E-state index contributed by atoms with van der Waals surface area (Å²) in [6.45, 7) is 9.94. The van der Waals surface area contributed by atoms with Gasteiger partial charge in [-0.15, -0.1) is 0 Å². The van der Waals surface area contributed by atoms with Crippen LogP contribution in [0.2, 0.25) is 0 Å². The Hall–Kier alpha value is -3.60. The van der Waals surface area contributed by atoms with Crippen LogP contribution in [0.3, 0.4) is 0 Å². The number of nitrogens with one attached hydrogen (secondary N) is 1. The van der Waals surface area contributed by atoms with Crippen molar-refractivity contribution in [3.63, 3.8) is 0 Å². The molecule has 1 amide bonds. The minimum Gasteiger partial charge on any atom is -0.494 e. The topological polar surface area (TPSA) is 56.1 Å². The van der Waals surface area contributed by atoms with E-state index in [0.717, 1.165) is 54.0 Å². The zero-order chi connectivity index (χ0) is 25.5. The number of rotatable bonds is 11. The second-order valence-corrected chi connectivity index (χ2v) is 9.61. The second-order valence-electron chi connectivity index (χ2n) is 9.61. The summed E-state index contributed by atoms with van der Waals surface area (Å²) in [5, 5.41) is 3.13. The Kier molecular flexibility index (Phi) is 8.42. The number of carbonyl (C=O) groups is 1. The first-order valence-electron chi connectivity index (χ1n) is 13.0. The van der Waals surface area contributed by atoms with Crippen LogP contribution in [0.4, 0.5) is 0 Å². The predicted molar refractivity (Wildman–Crippen MR) is 147 cm³/mol. The summed E-state index contributed by atoms with van der Waals surface area (Å²) >= 11 is 0. The zero-order valence-electron chi connectivity index (χ0n) is 21.8. The molecule has 0 spiro atoms.